The molecule has 2 fully saturated rings. The number of carboxylic acid groups (broad SMARTS) is 1. The summed E-state index contributed by atoms with van der Waals surface area (Å²) in [5.41, 5.74) is -1.48. The van der Waals surface area contributed by atoms with Gasteiger partial charge in [0.1, 0.15) is 5.60 Å². The summed E-state index contributed by atoms with van der Waals surface area (Å²) >= 11 is 0. The highest BCUT2D eigenvalue weighted by molar-refractivity contribution is 5.87. The van der Waals surface area contributed by atoms with E-state index in [2.05, 4.69) is 0 Å². The van der Waals surface area contributed by atoms with Crippen LogP contribution in [0.15, 0.2) is 0 Å². The van der Waals surface area contributed by atoms with Crippen LogP contribution in [-0.4, -0.2) is 47.7 Å². The van der Waals surface area contributed by atoms with E-state index in [1.165, 1.54) is 0 Å². The molecule has 2 aliphatic rings. The first-order valence-electron chi connectivity index (χ1n) is 6.51. The van der Waals surface area contributed by atoms with E-state index in [0.717, 1.165) is 25.7 Å². The predicted octanol–water partition coefficient (Wildman–Crippen LogP) is 1.27. The number of methoxy groups -OCH3 is 1. The SMILES string of the molecule is COC1(C(=O)N2CCCC(C)(C(=O)O)C2)CCC1. The standard InChI is InChI=1S/C13H21NO4/c1-12(11(16)17)5-4-8-14(9-12)10(15)13(18-2)6-3-7-13/h3-9H2,1-2H3,(H,16,17). The molecule has 1 saturated heterocycles. The summed E-state index contributed by atoms with van der Waals surface area (Å²) < 4.78 is 5.38. The van der Waals surface area contributed by atoms with Gasteiger partial charge in [0.05, 0.1) is 5.41 Å². The van der Waals surface area contributed by atoms with Crippen LogP contribution in [0.3, 0.4) is 0 Å². The van der Waals surface area contributed by atoms with Crippen molar-refractivity contribution in [3.63, 3.8) is 0 Å². The van der Waals surface area contributed by atoms with Gasteiger partial charge < -0.3 is 14.7 Å². The number of carbonyl (C=O) groups excluding carboxylic acids is 1. The summed E-state index contributed by atoms with van der Waals surface area (Å²) in [5.74, 6) is -0.844. The molecule has 5 heteroatoms. The first-order chi connectivity index (χ1) is 8.43. The van der Waals surface area contributed by atoms with Gasteiger partial charge in [0.2, 0.25) is 0 Å². The summed E-state index contributed by atoms with van der Waals surface area (Å²) in [4.78, 5) is 25.4. The Morgan fingerprint density at radius 2 is 1.89 bits per heavy atom. The fourth-order valence-electron chi connectivity index (χ4n) is 2.88. The number of hydrogen-bond acceptors (Lipinski definition) is 3. The molecule has 1 N–H and O–H groups in total. The monoisotopic (exact) mass is 255 g/mol. The third kappa shape index (κ3) is 2.00. The first kappa shape index (κ1) is 13.3. The number of aliphatic carboxylic acids is 1. The van der Waals surface area contributed by atoms with Crippen LogP contribution in [0, 0.1) is 5.41 Å². The molecular formula is C13H21NO4. The minimum absolute atomic E-state index is 0.0246. The lowest BCUT2D eigenvalue weighted by Crippen LogP contribution is -2.58. The van der Waals surface area contributed by atoms with Gasteiger partial charge in [-0.3, -0.25) is 9.59 Å². The van der Waals surface area contributed by atoms with Gasteiger partial charge >= 0.3 is 5.97 Å². The number of carbonyl (C=O) groups is 2. The van der Waals surface area contributed by atoms with Crippen LogP contribution in [0.2, 0.25) is 0 Å². The second-order valence-electron chi connectivity index (χ2n) is 5.75. The normalized spacial score (nSPS) is 30.7. The van der Waals surface area contributed by atoms with Gasteiger partial charge in [-0.15, -0.1) is 0 Å². The van der Waals surface area contributed by atoms with Gasteiger partial charge in [-0.25, -0.2) is 0 Å². The Morgan fingerprint density at radius 1 is 1.22 bits per heavy atom. The molecule has 18 heavy (non-hydrogen) atoms. The molecule has 5 nitrogen and oxygen atoms in total. The molecule has 0 bridgehead atoms. The largest absolute Gasteiger partial charge is 0.481 e. The molecule has 1 saturated carbocycles. The molecular weight excluding hydrogens is 234 g/mol. The van der Waals surface area contributed by atoms with Crippen LogP contribution in [0.25, 0.3) is 0 Å². The summed E-state index contributed by atoms with van der Waals surface area (Å²) in [6, 6.07) is 0. The van der Waals surface area contributed by atoms with E-state index < -0.39 is 17.0 Å². The van der Waals surface area contributed by atoms with Crippen LogP contribution in [0.4, 0.5) is 0 Å². The maximum absolute atomic E-state index is 12.5. The van der Waals surface area contributed by atoms with Crippen LogP contribution < -0.4 is 0 Å². The highest BCUT2D eigenvalue weighted by atomic mass is 16.5. The van der Waals surface area contributed by atoms with Gasteiger partial charge in [-0.05, 0) is 39.0 Å². The Kier molecular flexibility index (Phi) is 3.36. The van der Waals surface area contributed by atoms with E-state index in [-0.39, 0.29) is 5.91 Å². The number of amides is 1. The second kappa shape index (κ2) is 4.53. The molecule has 1 atom stereocenters. The maximum Gasteiger partial charge on any atom is 0.311 e. The lowest BCUT2D eigenvalue weighted by molar-refractivity contribution is -0.171. The van der Waals surface area contributed by atoms with Crippen molar-refractivity contribution in [2.24, 2.45) is 5.41 Å². The van der Waals surface area contributed by atoms with Crippen LogP contribution in [-0.2, 0) is 14.3 Å². The van der Waals surface area contributed by atoms with E-state index in [9.17, 15) is 14.7 Å². The van der Waals surface area contributed by atoms with Crippen LogP contribution >= 0.6 is 0 Å². The number of rotatable bonds is 3. The zero-order valence-electron chi connectivity index (χ0n) is 11.1. The summed E-state index contributed by atoms with van der Waals surface area (Å²) in [5, 5.41) is 9.26. The lowest BCUT2D eigenvalue weighted by atomic mass is 9.76. The van der Waals surface area contributed by atoms with E-state index in [4.69, 9.17) is 4.74 Å². The van der Waals surface area contributed by atoms with Gasteiger partial charge in [0.15, 0.2) is 0 Å². The van der Waals surface area contributed by atoms with Crippen LogP contribution in [0.1, 0.15) is 39.0 Å². The minimum Gasteiger partial charge on any atom is -0.481 e. The number of hydrogen-bond donors (Lipinski definition) is 1. The van der Waals surface area contributed by atoms with Crippen molar-refractivity contribution in [3.05, 3.63) is 0 Å². The van der Waals surface area contributed by atoms with Crippen molar-refractivity contribution >= 4 is 11.9 Å². The molecule has 0 aromatic heterocycles. The van der Waals surface area contributed by atoms with Crippen LogP contribution in [0.5, 0.6) is 0 Å². The number of ether oxygens (including phenoxy) is 1. The molecule has 1 amide bonds. The third-order valence-corrected chi connectivity index (χ3v) is 4.44. The summed E-state index contributed by atoms with van der Waals surface area (Å²) in [6.45, 7) is 2.66. The zero-order chi connectivity index (χ0) is 13.4. The van der Waals surface area contributed by atoms with Crippen molar-refractivity contribution in [1.29, 1.82) is 0 Å². The molecule has 1 aliphatic carbocycles. The van der Waals surface area contributed by atoms with Gasteiger partial charge in [0.25, 0.3) is 5.91 Å². The topological polar surface area (TPSA) is 66.8 Å². The molecule has 0 aromatic carbocycles. The minimum atomic E-state index is -0.819. The quantitative estimate of drug-likeness (QED) is 0.824. The zero-order valence-corrected chi connectivity index (χ0v) is 11.1. The van der Waals surface area contributed by atoms with Crippen molar-refractivity contribution in [1.82, 2.24) is 4.90 Å². The van der Waals surface area contributed by atoms with E-state index in [0.29, 0.717) is 19.5 Å². The first-order valence-corrected chi connectivity index (χ1v) is 6.51. The fraction of sp³-hybridized carbons (Fsp3) is 0.846. The average Bonchev–Trinajstić information content (AvgIpc) is 2.28. The highest BCUT2D eigenvalue weighted by Gasteiger charge is 2.49. The van der Waals surface area contributed by atoms with Crippen molar-refractivity contribution in [2.75, 3.05) is 20.2 Å². The summed E-state index contributed by atoms with van der Waals surface area (Å²) in [7, 11) is 1.57. The van der Waals surface area contributed by atoms with Gasteiger partial charge in [0, 0.05) is 20.2 Å². The van der Waals surface area contributed by atoms with Crippen molar-refractivity contribution in [3.8, 4) is 0 Å². The van der Waals surface area contributed by atoms with Crippen molar-refractivity contribution < 1.29 is 19.4 Å². The molecule has 0 spiro atoms. The average molecular weight is 255 g/mol. The van der Waals surface area contributed by atoms with E-state index >= 15 is 0 Å². The third-order valence-electron chi connectivity index (χ3n) is 4.44. The Bertz CT molecular complexity index is 358. The lowest BCUT2D eigenvalue weighted by Gasteiger charge is -2.45. The second-order valence-corrected chi connectivity index (χ2v) is 5.75. The Hall–Kier alpha value is -1.10. The van der Waals surface area contributed by atoms with Gasteiger partial charge in [-0.1, -0.05) is 0 Å². The molecule has 1 aliphatic heterocycles. The van der Waals surface area contributed by atoms with E-state index in [1.54, 1.807) is 18.9 Å². The predicted molar refractivity (Wildman–Crippen MR) is 65.1 cm³/mol. The van der Waals surface area contributed by atoms with Crippen molar-refractivity contribution in [2.45, 2.75) is 44.6 Å². The molecule has 102 valence electrons. The van der Waals surface area contributed by atoms with E-state index in [1.807, 2.05) is 0 Å². The van der Waals surface area contributed by atoms with Gasteiger partial charge in [-0.2, -0.15) is 0 Å². The maximum atomic E-state index is 12.5. The highest BCUT2D eigenvalue weighted by Crippen LogP contribution is 2.39. The molecule has 2 rings (SSSR count). The molecule has 0 radical (unpaired) electrons. The number of carboxylic acids is 1. The number of piperidine rings is 1. The number of nitrogens with zero attached hydrogens (tertiary/aromatic N) is 1. The Morgan fingerprint density at radius 3 is 2.33 bits per heavy atom. The number of likely N-dealkylation sites (tertiary alicyclic amines) is 1. The Labute approximate surface area is 107 Å². The fourth-order valence-corrected chi connectivity index (χ4v) is 2.88. The molecule has 1 unspecified atom stereocenters. The molecule has 1 heterocycles. The Balaban J connectivity index is 2.09. The summed E-state index contributed by atoms with van der Waals surface area (Å²) in [6.07, 6.45) is 3.88. The molecule has 0 aromatic rings. The smallest absolute Gasteiger partial charge is 0.311 e.